The highest BCUT2D eigenvalue weighted by Crippen LogP contribution is 2.41. The summed E-state index contributed by atoms with van der Waals surface area (Å²) in [6, 6.07) is 24.7. The Bertz CT molecular complexity index is 1500. The van der Waals surface area contributed by atoms with Crippen LogP contribution in [-0.2, 0) is 11.2 Å². The van der Waals surface area contributed by atoms with Crippen LogP contribution in [-0.4, -0.2) is 39.6 Å². The predicted octanol–water partition coefficient (Wildman–Crippen LogP) is 4.59. The van der Waals surface area contributed by atoms with Gasteiger partial charge < -0.3 is 15.8 Å². The molecular formula is C29H26N6O. The molecule has 1 aliphatic rings. The van der Waals surface area contributed by atoms with E-state index in [1.165, 1.54) is 11.9 Å². The number of hydrogen-bond acceptors (Lipinski definition) is 7. The topological polar surface area (TPSA) is 98.8 Å². The molecule has 0 amide bonds. The van der Waals surface area contributed by atoms with Gasteiger partial charge in [0.25, 0.3) is 0 Å². The third-order valence-corrected chi connectivity index (χ3v) is 6.52. The van der Waals surface area contributed by atoms with E-state index < -0.39 is 0 Å². The lowest BCUT2D eigenvalue weighted by Crippen LogP contribution is -2.34. The third-order valence-electron chi connectivity index (χ3n) is 6.52. The summed E-state index contributed by atoms with van der Waals surface area (Å²) in [5, 5.41) is 4.18. The maximum Gasteiger partial charge on any atom is 0.165 e. The van der Waals surface area contributed by atoms with Crippen LogP contribution in [0.4, 0.5) is 5.82 Å². The molecule has 3 N–H and O–H groups in total. The van der Waals surface area contributed by atoms with Gasteiger partial charge in [0.2, 0.25) is 0 Å². The summed E-state index contributed by atoms with van der Waals surface area (Å²) in [7, 11) is 0. The second-order valence-electron chi connectivity index (χ2n) is 8.80. The molecule has 0 radical (unpaired) electrons. The molecular weight excluding hydrogens is 448 g/mol. The van der Waals surface area contributed by atoms with Crippen molar-refractivity contribution < 1.29 is 4.74 Å². The van der Waals surface area contributed by atoms with Crippen LogP contribution in [0.3, 0.4) is 0 Å². The van der Waals surface area contributed by atoms with E-state index in [0.29, 0.717) is 31.0 Å². The minimum atomic E-state index is -0.160. The van der Waals surface area contributed by atoms with Crippen LogP contribution in [0.1, 0.15) is 22.9 Å². The molecule has 1 saturated heterocycles. The molecule has 1 unspecified atom stereocenters. The van der Waals surface area contributed by atoms with Crippen molar-refractivity contribution in [2.75, 3.05) is 25.4 Å². The molecule has 178 valence electrons. The number of nitrogen functional groups attached to an aromatic ring is 1. The smallest absolute Gasteiger partial charge is 0.165 e. The van der Waals surface area contributed by atoms with Crippen LogP contribution < -0.4 is 11.1 Å². The molecule has 3 aromatic heterocycles. The lowest BCUT2D eigenvalue weighted by atomic mass is 9.88. The molecule has 1 fully saturated rings. The van der Waals surface area contributed by atoms with E-state index in [4.69, 9.17) is 20.4 Å². The third kappa shape index (κ3) is 4.19. The van der Waals surface area contributed by atoms with Crippen molar-refractivity contribution in [2.45, 2.75) is 12.5 Å². The molecule has 0 bridgehead atoms. The first-order chi connectivity index (χ1) is 17.8. The Hall–Kier alpha value is -4.20. The maximum absolute atomic E-state index is 6.46. The number of aromatic nitrogens is 4. The van der Waals surface area contributed by atoms with Crippen LogP contribution in [0.5, 0.6) is 0 Å². The van der Waals surface area contributed by atoms with E-state index in [1.54, 1.807) is 0 Å². The van der Waals surface area contributed by atoms with E-state index in [9.17, 15) is 0 Å². The van der Waals surface area contributed by atoms with E-state index in [0.717, 1.165) is 45.6 Å². The van der Waals surface area contributed by atoms with Gasteiger partial charge in [-0.15, -0.1) is 0 Å². The fraction of sp³-hybridized carbons (Fsp3) is 0.172. The Kier molecular flexibility index (Phi) is 6.07. The van der Waals surface area contributed by atoms with Crippen molar-refractivity contribution in [3.05, 3.63) is 102 Å². The molecule has 0 aliphatic carbocycles. The average molecular weight is 475 g/mol. The van der Waals surface area contributed by atoms with Gasteiger partial charge in [0.05, 0.1) is 23.4 Å². The number of nitrogens with two attached hydrogens (primary N) is 1. The lowest BCUT2D eigenvalue weighted by Gasteiger charge is -2.26. The van der Waals surface area contributed by atoms with Gasteiger partial charge in [-0.25, -0.2) is 15.0 Å². The number of anilines is 1. The van der Waals surface area contributed by atoms with Gasteiger partial charge >= 0.3 is 0 Å². The van der Waals surface area contributed by atoms with Gasteiger partial charge in [0.1, 0.15) is 18.2 Å². The summed E-state index contributed by atoms with van der Waals surface area (Å²) in [4.78, 5) is 18.7. The van der Waals surface area contributed by atoms with Crippen LogP contribution in [0, 0.1) is 0 Å². The average Bonchev–Trinajstić information content (AvgIpc) is 2.94. The Morgan fingerprint density at radius 1 is 0.917 bits per heavy atom. The van der Waals surface area contributed by atoms with Crippen molar-refractivity contribution in [2.24, 2.45) is 0 Å². The first-order valence-electron chi connectivity index (χ1n) is 12.1. The molecule has 0 spiro atoms. The van der Waals surface area contributed by atoms with E-state index >= 15 is 0 Å². The molecule has 4 heterocycles. The first kappa shape index (κ1) is 22.3. The molecule has 1 aliphatic heterocycles. The van der Waals surface area contributed by atoms with Gasteiger partial charge in [-0.2, -0.15) is 0 Å². The normalized spacial score (nSPS) is 15.7. The monoisotopic (exact) mass is 474 g/mol. The second kappa shape index (κ2) is 9.81. The van der Waals surface area contributed by atoms with Crippen LogP contribution in [0.25, 0.3) is 33.4 Å². The molecule has 0 saturated carbocycles. The fourth-order valence-corrected chi connectivity index (χ4v) is 4.89. The summed E-state index contributed by atoms with van der Waals surface area (Å²) in [5.74, 6) is 0.415. The summed E-state index contributed by atoms with van der Waals surface area (Å²) in [6.45, 7) is 2.18. The van der Waals surface area contributed by atoms with Crippen molar-refractivity contribution in [1.29, 1.82) is 0 Å². The Morgan fingerprint density at radius 2 is 1.72 bits per heavy atom. The molecule has 5 aromatic rings. The Balaban J connectivity index is 1.68. The summed E-state index contributed by atoms with van der Waals surface area (Å²) >= 11 is 0. The molecule has 2 aromatic carbocycles. The van der Waals surface area contributed by atoms with Crippen molar-refractivity contribution >= 4 is 16.9 Å². The maximum atomic E-state index is 6.46. The van der Waals surface area contributed by atoms with E-state index in [2.05, 4.69) is 57.7 Å². The van der Waals surface area contributed by atoms with Gasteiger partial charge in [-0.3, -0.25) is 4.98 Å². The van der Waals surface area contributed by atoms with Crippen molar-refractivity contribution in [3.63, 3.8) is 0 Å². The number of rotatable bonds is 5. The fourth-order valence-electron chi connectivity index (χ4n) is 4.89. The number of pyridine rings is 2. The second-order valence-corrected chi connectivity index (χ2v) is 8.80. The zero-order chi connectivity index (χ0) is 24.3. The van der Waals surface area contributed by atoms with Crippen LogP contribution >= 0.6 is 0 Å². The summed E-state index contributed by atoms with van der Waals surface area (Å²) < 4.78 is 6.11. The number of morpholine rings is 1. The standard InChI is InChI=1S/C29H26N6O/c30-28-25-24(20-10-5-2-6-11-20)22(16-19-8-3-1-4-9-19)26(35-29(25)34-18-33-28)21-12-7-13-32-27(21)23-17-31-14-15-36-23/h1-13,18,23,31H,14-17H2,(H2,30,33,34,35). The molecule has 1 atom stereocenters. The summed E-state index contributed by atoms with van der Waals surface area (Å²) in [6.07, 6.45) is 3.79. The number of nitrogens with one attached hydrogen (secondary N) is 1. The first-order valence-corrected chi connectivity index (χ1v) is 12.1. The Morgan fingerprint density at radius 3 is 2.50 bits per heavy atom. The number of nitrogens with zero attached hydrogens (tertiary/aromatic N) is 4. The molecule has 7 nitrogen and oxygen atoms in total. The lowest BCUT2D eigenvalue weighted by molar-refractivity contribution is 0.0254. The number of hydrogen-bond donors (Lipinski definition) is 2. The Labute approximate surface area is 209 Å². The minimum absolute atomic E-state index is 0.160. The zero-order valence-corrected chi connectivity index (χ0v) is 19.8. The van der Waals surface area contributed by atoms with Gasteiger partial charge in [-0.05, 0) is 28.8 Å². The van der Waals surface area contributed by atoms with Gasteiger partial charge in [0, 0.05) is 36.8 Å². The highest BCUT2D eigenvalue weighted by atomic mass is 16.5. The SMILES string of the molecule is Nc1ncnc2nc(-c3cccnc3C3CNCCO3)c(Cc3ccccc3)c(-c3ccccc3)c12. The van der Waals surface area contributed by atoms with Crippen molar-refractivity contribution in [3.8, 4) is 22.4 Å². The summed E-state index contributed by atoms with van der Waals surface area (Å²) in [5.41, 5.74) is 13.9. The molecule has 6 rings (SSSR count). The van der Waals surface area contributed by atoms with Crippen LogP contribution in [0.2, 0.25) is 0 Å². The molecule has 7 heteroatoms. The number of benzene rings is 2. The van der Waals surface area contributed by atoms with Crippen molar-refractivity contribution in [1.82, 2.24) is 25.3 Å². The highest BCUT2D eigenvalue weighted by molar-refractivity contribution is 6.03. The largest absolute Gasteiger partial charge is 0.383 e. The van der Waals surface area contributed by atoms with Crippen LogP contribution in [0.15, 0.2) is 85.3 Å². The molecule has 36 heavy (non-hydrogen) atoms. The zero-order valence-electron chi connectivity index (χ0n) is 19.8. The van der Waals surface area contributed by atoms with Gasteiger partial charge in [0.15, 0.2) is 5.65 Å². The quantitative estimate of drug-likeness (QED) is 0.384. The van der Waals surface area contributed by atoms with E-state index in [1.807, 2.05) is 36.5 Å². The number of fused-ring (bicyclic) bond motifs is 1. The number of ether oxygens (including phenoxy) is 1. The van der Waals surface area contributed by atoms with Gasteiger partial charge in [-0.1, -0.05) is 60.7 Å². The minimum Gasteiger partial charge on any atom is -0.383 e. The van der Waals surface area contributed by atoms with E-state index in [-0.39, 0.29) is 6.10 Å². The predicted molar refractivity (Wildman–Crippen MR) is 141 cm³/mol. The highest BCUT2D eigenvalue weighted by Gasteiger charge is 2.26.